The summed E-state index contributed by atoms with van der Waals surface area (Å²) in [5.41, 5.74) is 3.33. The molecule has 0 unspecified atom stereocenters. The van der Waals surface area contributed by atoms with E-state index >= 15 is 0 Å². The second-order valence-electron chi connectivity index (χ2n) is 4.25. The molecule has 2 N–H and O–H groups in total. The molecule has 14 nitrogen and oxygen atoms in total. The Hall–Kier alpha value is 0.840. The molecule has 2 atom stereocenters. The Kier molecular flexibility index (Phi) is 40.6. The van der Waals surface area contributed by atoms with Crippen molar-refractivity contribution in [2.75, 3.05) is 0 Å². The van der Waals surface area contributed by atoms with Gasteiger partial charge in [-0.25, -0.2) is 0 Å². The molecule has 0 aromatic heterocycles. The van der Waals surface area contributed by atoms with Crippen LogP contribution in [0, 0.1) is 11.3 Å². The normalized spacial score (nSPS) is 9.50. The van der Waals surface area contributed by atoms with Gasteiger partial charge < -0.3 is 0 Å². The minimum atomic E-state index is -1.77. The minimum absolute atomic E-state index is 0. The molecule has 0 aromatic rings. The zero-order chi connectivity index (χ0) is 22.3. The van der Waals surface area contributed by atoms with Crippen LogP contribution in [0.1, 0.15) is 12.8 Å². The zero-order valence-electron chi connectivity index (χ0n) is 17.4. The second kappa shape index (κ2) is 28.1. The Morgan fingerprint density at radius 2 is 0.875 bits per heavy atom. The van der Waals surface area contributed by atoms with Gasteiger partial charge in [-0.3, -0.25) is 0 Å². The minimum Gasteiger partial charge on any atom is 1.00 e. The summed E-state index contributed by atoms with van der Waals surface area (Å²) in [6.45, 7) is 0. The third-order valence-electron chi connectivity index (χ3n) is 2.22. The maximum absolute atomic E-state index is 10.6. The van der Waals surface area contributed by atoms with Crippen LogP contribution < -0.4 is 149 Å². The van der Waals surface area contributed by atoms with E-state index in [4.69, 9.17) is 0 Å². The van der Waals surface area contributed by atoms with Crippen molar-refractivity contribution in [3.63, 3.8) is 0 Å². The number of rotatable bonds is 8. The van der Waals surface area contributed by atoms with Crippen molar-refractivity contribution in [3.8, 4) is 11.3 Å². The summed E-state index contributed by atoms with van der Waals surface area (Å²) in [5, 5.41) is 43.9. The third-order valence-corrected chi connectivity index (χ3v) is 2.80. The number of carboxylic acids is 4. The van der Waals surface area contributed by atoms with Crippen molar-refractivity contribution >= 4 is 51.5 Å². The molecule has 0 saturated heterocycles. The topological polar surface area (TPSA) is 253 Å². The van der Waals surface area contributed by atoms with Gasteiger partial charge in [-0.1, -0.05) is 0 Å². The standard InChI is InChI=1S/2C6H6NO6P.4Na/c2*8-4(2-14-13)7-3(6(11)12)1-5(9)10;;;;/h2*3H,1H2,(H,7,8)(H,9,10)(H,11,12);;;;/q;;4*+1/p-4/t2*3-;;;;/m00..../s1. The van der Waals surface area contributed by atoms with Gasteiger partial charge in [0, 0.05) is 0 Å². The molecule has 0 aliphatic heterocycles. The van der Waals surface area contributed by atoms with Gasteiger partial charge in [0.15, 0.2) is 0 Å². The van der Waals surface area contributed by atoms with E-state index in [9.17, 15) is 58.3 Å². The van der Waals surface area contributed by atoms with Crippen LogP contribution in [0.4, 0.5) is 0 Å². The fourth-order valence-corrected chi connectivity index (χ4v) is 1.48. The van der Waals surface area contributed by atoms with Gasteiger partial charge in [0.1, 0.15) is 0 Å². The summed E-state index contributed by atoms with van der Waals surface area (Å²) in [6.07, 6.45) is -1.85. The van der Waals surface area contributed by atoms with Gasteiger partial charge in [0.05, 0.1) is 0 Å². The fourth-order valence-electron chi connectivity index (χ4n) is 1.18. The third kappa shape index (κ3) is 28.9. The molecule has 0 heterocycles. The molecule has 32 heavy (non-hydrogen) atoms. The first kappa shape index (κ1) is 46.2. The molecule has 0 aliphatic carbocycles. The van der Waals surface area contributed by atoms with Gasteiger partial charge in [-0.2, -0.15) is 0 Å². The van der Waals surface area contributed by atoms with Gasteiger partial charge in [0.25, 0.3) is 0 Å². The fraction of sp³-hybridized carbons (Fsp3) is 0.333. The van der Waals surface area contributed by atoms with Gasteiger partial charge in [-0.05, 0) is 0 Å². The molecule has 0 fully saturated rings. The van der Waals surface area contributed by atoms with Crippen molar-refractivity contribution in [1.29, 1.82) is 0 Å². The summed E-state index contributed by atoms with van der Waals surface area (Å²) in [5.74, 6) is -9.02. The summed E-state index contributed by atoms with van der Waals surface area (Å²) in [7, 11) is -1.47. The van der Waals surface area contributed by atoms with Crippen LogP contribution in [0.25, 0.3) is 0 Å². The van der Waals surface area contributed by atoms with Crippen molar-refractivity contribution in [3.05, 3.63) is 0 Å². The summed E-state index contributed by atoms with van der Waals surface area (Å²) < 4.78 is 19.6. The van der Waals surface area contributed by atoms with E-state index in [-0.39, 0.29) is 118 Å². The van der Waals surface area contributed by atoms with Crippen LogP contribution in [-0.2, 0) is 37.9 Å². The van der Waals surface area contributed by atoms with Gasteiger partial charge in [0.2, 0.25) is 0 Å². The molecule has 20 heteroatoms. The molecule has 0 radical (unpaired) electrons. The van der Waals surface area contributed by atoms with Crippen molar-refractivity contribution in [1.82, 2.24) is 10.6 Å². The van der Waals surface area contributed by atoms with Gasteiger partial charge in [-0.15, -0.1) is 0 Å². The Morgan fingerprint density at radius 3 is 1.03 bits per heavy atom. The number of nitrogens with one attached hydrogen (secondary N) is 2. The number of hydrogen-bond donors (Lipinski definition) is 2. The smallest absolute Gasteiger partial charge is 1.00 e. The quantitative estimate of drug-likeness (QED) is 0.221. The Labute approximate surface area is 271 Å². The van der Waals surface area contributed by atoms with Crippen molar-refractivity contribution in [2.24, 2.45) is 0 Å². The van der Waals surface area contributed by atoms with Crippen LogP contribution >= 0.6 is 15.8 Å². The molecular weight excluding hydrogens is 518 g/mol. The van der Waals surface area contributed by atoms with Crippen LogP contribution in [0.15, 0.2) is 0 Å². The number of hydrogen-bond acceptors (Lipinski definition) is 12. The number of carbonyl (C=O) groups excluding carboxylic acids is 6. The van der Waals surface area contributed by atoms with Crippen molar-refractivity contribution in [2.45, 2.75) is 24.9 Å². The average Bonchev–Trinajstić information content (AvgIpc) is 2.53. The van der Waals surface area contributed by atoms with Gasteiger partial charge >= 0.3 is 275 Å². The number of carboxylic acid groups (broad SMARTS) is 4. The summed E-state index contributed by atoms with van der Waals surface area (Å²) >= 11 is 0. The maximum atomic E-state index is 10.6. The molecule has 0 aromatic carbocycles. The molecule has 152 valence electrons. The Morgan fingerprint density at radius 1 is 0.625 bits per heavy atom. The number of carbonyl (C=O) groups is 6. The second-order valence-corrected chi connectivity index (χ2v) is 5.06. The van der Waals surface area contributed by atoms with Crippen molar-refractivity contribution < 1.29 is 177 Å². The summed E-state index contributed by atoms with van der Waals surface area (Å²) in [6, 6.07) is -3.44. The van der Waals surface area contributed by atoms with E-state index in [0.717, 1.165) is 0 Å². The molecule has 2 amide bonds. The Bertz CT molecular complexity index is 804. The molecule has 0 spiro atoms. The molecule has 0 rings (SSSR count). The van der Waals surface area contributed by atoms with Crippen LogP contribution in [0.5, 0.6) is 0 Å². The molecule has 0 aliphatic rings. The van der Waals surface area contributed by atoms with E-state index in [1.54, 1.807) is 21.9 Å². The van der Waals surface area contributed by atoms with E-state index in [1.807, 2.05) is 0 Å². The predicted octanol–water partition coefficient (Wildman–Crippen LogP) is -18.8. The Balaban J connectivity index is -0.0000000939. The SMILES string of the molecule is O=P#CC(=O)N[C@@H](CC(=O)[O-])C(=O)[O-].O=P#CC(=O)N[C@@H](CC(=O)[O-])C(=O)[O-].[Na+].[Na+].[Na+].[Na+]. The monoisotopic (exact) mass is 526 g/mol. The first-order valence-electron chi connectivity index (χ1n) is 6.53. The maximum Gasteiger partial charge on any atom is 1.00 e. The zero-order valence-corrected chi connectivity index (χ0v) is 27.2. The molecule has 0 bridgehead atoms. The molecule has 0 saturated carbocycles. The van der Waals surface area contributed by atoms with E-state index in [0.29, 0.717) is 0 Å². The first-order valence-corrected chi connectivity index (χ1v) is 8.16. The first-order chi connectivity index (χ1) is 12.9. The van der Waals surface area contributed by atoms with E-state index in [2.05, 4.69) is 0 Å². The largest absolute Gasteiger partial charge is 1.00 e. The van der Waals surface area contributed by atoms with E-state index in [1.165, 1.54) is 0 Å². The molecular formula is C12H8N2Na4O12P2. The average molecular weight is 526 g/mol. The van der Waals surface area contributed by atoms with Crippen LogP contribution in [-0.4, -0.2) is 47.8 Å². The van der Waals surface area contributed by atoms with Crippen LogP contribution in [0.3, 0.4) is 0 Å². The number of aliphatic carboxylic acids is 4. The predicted molar refractivity (Wildman–Crippen MR) is 76.1 cm³/mol. The summed E-state index contributed by atoms with van der Waals surface area (Å²) in [4.78, 5) is 61.7. The number of amides is 2. The van der Waals surface area contributed by atoms with E-state index < -0.39 is 76.4 Å². The van der Waals surface area contributed by atoms with Crippen LogP contribution in [0.2, 0.25) is 0 Å².